The Bertz CT molecular complexity index is 1150. The van der Waals surface area contributed by atoms with Gasteiger partial charge in [0.1, 0.15) is 0 Å². The third-order valence-electron chi connectivity index (χ3n) is 9.72. The van der Waals surface area contributed by atoms with Crippen LogP contribution in [0.3, 0.4) is 0 Å². The van der Waals surface area contributed by atoms with Crippen molar-refractivity contribution in [2.45, 2.75) is 95.4 Å². The number of hydrogen-bond acceptors (Lipinski definition) is 3. The Kier molecular flexibility index (Phi) is 4.91. The van der Waals surface area contributed by atoms with Crippen LogP contribution in [0.25, 0.3) is 10.8 Å². The minimum absolute atomic E-state index is 0.138. The van der Waals surface area contributed by atoms with Gasteiger partial charge < -0.3 is 9.84 Å². The van der Waals surface area contributed by atoms with Gasteiger partial charge >= 0.3 is 0 Å². The average molecular weight is 444 g/mol. The average Bonchev–Trinajstić information content (AvgIpc) is 3.35. The molecule has 0 amide bonds. The molecule has 1 aromatic carbocycles. The summed E-state index contributed by atoms with van der Waals surface area (Å²) in [6.45, 7) is 6.52. The van der Waals surface area contributed by atoms with Crippen molar-refractivity contribution in [1.82, 2.24) is 4.98 Å². The highest BCUT2D eigenvalue weighted by molar-refractivity contribution is 5.82. The van der Waals surface area contributed by atoms with Crippen LogP contribution < -0.4 is 0 Å². The molecule has 1 aromatic heterocycles. The molecule has 174 valence electrons. The predicted molar refractivity (Wildman–Crippen MR) is 133 cm³/mol. The monoisotopic (exact) mass is 443 g/mol. The van der Waals surface area contributed by atoms with Crippen LogP contribution in [0.5, 0.6) is 0 Å². The fourth-order valence-electron chi connectivity index (χ4n) is 8.25. The molecule has 3 heteroatoms. The molecule has 2 bridgehead atoms. The lowest BCUT2D eigenvalue weighted by molar-refractivity contribution is -0.144. The number of benzene rings is 1. The fraction of sp³-hybridized carbons (Fsp3) is 0.567. The molecule has 6 atom stereocenters. The van der Waals surface area contributed by atoms with Gasteiger partial charge in [-0.3, -0.25) is 4.98 Å². The first-order valence-electron chi connectivity index (χ1n) is 13.2. The Hall–Kier alpha value is -1.97. The van der Waals surface area contributed by atoms with Crippen LogP contribution in [-0.4, -0.2) is 27.4 Å². The molecule has 1 saturated heterocycles. The maximum Gasteiger partial charge on any atom is 0.0974 e. The van der Waals surface area contributed by atoms with Crippen molar-refractivity contribution < 1.29 is 9.84 Å². The van der Waals surface area contributed by atoms with Gasteiger partial charge in [0.25, 0.3) is 0 Å². The number of pyridine rings is 1. The molecule has 2 aliphatic heterocycles. The van der Waals surface area contributed by atoms with Crippen molar-refractivity contribution in [3.63, 3.8) is 0 Å². The van der Waals surface area contributed by atoms with E-state index in [0.717, 1.165) is 38.5 Å². The molecule has 2 aromatic rings. The summed E-state index contributed by atoms with van der Waals surface area (Å²) in [5.74, 6) is 1.10. The summed E-state index contributed by atoms with van der Waals surface area (Å²) in [6.07, 6.45) is 17.1. The predicted octanol–water partition coefficient (Wildman–Crippen LogP) is 6.86. The van der Waals surface area contributed by atoms with Crippen LogP contribution in [0.4, 0.5) is 0 Å². The molecule has 1 N–H and O–H groups in total. The normalized spacial score (nSPS) is 40.7. The zero-order valence-corrected chi connectivity index (χ0v) is 20.3. The summed E-state index contributed by atoms with van der Waals surface area (Å²) in [5, 5.41) is 13.0. The number of nitrogens with zero attached hydrogens (tertiary/aromatic N) is 1. The van der Waals surface area contributed by atoms with Crippen molar-refractivity contribution in [3.8, 4) is 0 Å². The molecular weight excluding hydrogens is 406 g/mol. The highest BCUT2D eigenvalue weighted by Gasteiger charge is 2.66. The van der Waals surface area contributed by atoms with Gasteiger partial charge in [0.05, 0.1) is 17.3 Å². The quantitative estimate of drug-likeness (QED) is 0.523. The first-order valence-corrected chi connectivity index (χ1v) is 13.2. The van der Waals surface area contributed by atoms with E-state index in [4.69, 9.17) is 4.74 Å². The molecule has 2 saturated carbocycles. The largest absolute Gasteiger partial charge is 0.393 e. The van der Waals surface area contributed by atoms with Gasteiger partial charge in [-0.15, -0.1) is 0 Å². The van der Waals surface area contributed by atoms with Crippen LogP contribution in [0, 0.1) is 11.3 Å². The standard InChI is InChI=1S/C28H31NO2.C2H6/c1-26-10-8-22-15-21-4-5-23(30)16-27(21)11-12-28(22,31-27)25(26)7-6-24(26)19-3-2-18-9-13-29-17-20(18)14-19;1-2/h2-3,8-9,13-15,17,23-25,30H,4-7,10-12,16H2,1H3;1-2H3/t23-,24-,25-,26-,27-,28-;/m1./s1. The van der Waals surface area contributed by atoms with E-state index in [0.29, 0.717) is 11.8 Å². The van der Waals surface area contributed by atoms with Crippen molar-refractivity contribution >= 4 is 10.8 Å². The Morgan fingerprint density at radius 1 is 1.06 bits per heavy atom. The van der Waals surface area contributed by atoms with Crippen molar-refractivity contribution in [2.75, 3.05) is 0 Å². The number of ether oxygens (including phenoxy) is 1. The zero-order valence-electron chi connectivity index (χ0n) is 20.3. The summed E-state index contributed by atoms with van der Waals surface area (Å²) in [4.78, 5) is 4.35. The van der Waals surface area contributed by atoms with Gasteiger partial charge in [-0.05, 0) is 96.4 Å². The molecular formula is C30H37NO2. The Morgan fingerprint density at radius 2 is 1.94 bits per heavy atom. The topological polar surface area (TPSA) is 42.4 Å². The molecule has 7 rings (SSSR count). The van der Waals surface area contributed by atoms with Crippen molar-refractivity contribution in [2.24, 2.45) is 11.3 Å². The molecule has 33 heavy (non-hydrogen) atoms. The Balaban J connectivity index is 0.00000101. The van der Waals surface area contributed by atoms with E-state index in [-0.39, 0.29) is 22.7 Å². The van der Waals surface area contributed by atoms with Gasteiger partial charge in [-0.1, -0.05) is 45.1 Å². The molecule has 0 radical (unpaired) electrons. The summed E-state index contributed by atoms with van der Waals surface area (Å²) in [5.41, 5.74) is 4.26. The van der Waals surface area contributed by atoms with Gasteiger partial charge in [0.15, 0.2) is 0 Å². The Morgan fingerprint density at radius 3 is 2.82 bits per heavy atom. The third kappa shape index (κ3) is 2.91. The molecule has 3 fully saturated rings. The van der Waals surface area contributed by atoms with E-state index in [1.165, 1.54) is 40.3 Å². The van der Waals surface area contributed by atoms with Crippen LogP contribution >= 0.6 is 0 Å². The van der Waals surface area contributed by atoms with E-state index < -0.39 is 0 Å². The van der Waals surface area contributed by atoms with Crippen LogP contribution in [0.1, 0.15) is 83.6 Å². The van der Waals surface area contributed by atoms with E-state index in [1.807, 2.05) is 26.2 Å². The first kappa shape index (κ1) is 21.6. The summed E-state index contributed by atoms with van der Waals surface area (Å²) in [7, 11) is 0. The number of aliphatic hydroxyl groups excluding tert-OH is 1. The number of aromatic nitrogens is 1. The van der Waals surface area contributed by atoms with Crippen molar-refractivity contribution in [1.29, 1.82) is 0 Å². The van der Waals surface area contributed by atoms with E-state index in [2.05, 4.69) is 48.3 Å². The molecule has 5 aliphatic rings. The number of hydrogen-bond donors (Lipinski definition) is 1. The smallest absolute Gasteiger partial charge is 0.0974 e. The van der Waals surface area contributed by atoms with Crippen LogP contribution in [0.2, 0.25) is 0 Å². The molecule has 3 nitrogen and oxygen atoms in total. The third-order valence-corrected chi connectivity index (χ3v) is 9.72. The van der Waals surface area contributed by atoms with Crippen molar-refractivity contribution in [3.05, 3.63) is 65.5 Å². The van der Waals surface area contributed by atoms with Gasteiger partial charge in [-0.2, -0.15) is 0 Å². The van der Waals surface area contributed by atoms with Crippen LogP contribution in [0.15, 0.2) is 60.0 Å². The van der Waals surface area contributed by atoms with Gasteiger partial charge in [0.2, 0.25) is 0 Å². The molecule has 0 unspecified atom stereocenters. The maximum atomic E-state index is 10.4. The lowest BCUT2D eigenvalue weighted by atomic mass is 9.58. The molecule has 2 spiro atoms. The highest BCUT2D eigenvalue weighted by atomic mass is 16.5. The number of allylic oxidation sites excluding steroid dienone is 1. The summed E-state index contributed by atoms with van der Waals surface area (Å²) < 4.78 is 7.18. The zero-order chi connectivity index (χ0) is 22.8. The molecule has 3 aliphatic carbocycles. The first-order chi connectivity index (χ1) is 16.0. The van der Waals surface area contributed by atoms with E-state index in [1.54, 1.807) is 0 Å². The second-order valence-electron chi connectivity index (χ2n) is 11.1. The fourth-order valence-corrected chi connectivity index (χ4v) is 8.25. The summed E-state index contributed by atoms with van der Waals surface area (Å²) >= 11 is 0. The minimum atomic E-state index is -0.213. The summed E-state index contributed by atoms with van der Waals surface area (Å²) in [6, 6.07) is 9.10. The number of fused-ring (bicyclic) bond motifs is 2. The molecule has 3 heterocycles. The second-order valence-corrected chi connectivity index (χ2v) is 11.1. The number of aliphatic hydroxyl groups is 1. The second kappa shape index (κ2) is 7.52. The SMILES string of the molecule is CC.C[C@]12CC=C3C=C4CC[C@@H](O)C[C@]45CC[C@]3(O5)[C@@H]1CC[C@@H]2c1ccc2ccncc2c1. The Labute approximate surface area is 198 Å². The van der Waals surface area contributed by atoms with Crippen LogP contribution in [-0.2, 0) is 4.74 Å². The van der Waals surface area contributed by atoms with Gasteiger partial charge in [-0.25, -0.2) is 0 Å². The maximum absolute atomic E-state index is 10.4. The van der Waals surface area contributed by atoms with E-state index >= 15 is 0 Å². The van der Waals surface area contributed by atoms with Gasteiger partial charge in [0, 0.05) is 24.2 Å². The number of rotatable bonds is 1. The highest BCUT2D eigenvalue weighted by Crippen LogP contribution is 2.69. The lowest BCUT2D eigenvalue weighted by Gasteiger charge is -2.54. The van der Waals surface area contributed by atoms with E-state index in [9.17, 15) is 5.11 Å². The lowest BCUT2D eigenvalue weighted by Crippen LogP contribution is -2.54. The minimum Gasteiger partial charge on any atom is -0.393 e.